The van der Waals surface area contributed by atoms with Crippen molar-refractivity contribution in [3.05, 3.63) is 0 Å². The highest BCUT2D eigenvalue weighted by Crippen LogP contribution is 2.15. The third-order valence-corrected chi connectivity index (χ3v) is 5.96. The molecule has 0 amide bonds. The fraction of sp³-hybridized carbons (Fsp3) is 0.917. The zero-order chi connectivity index (χ0) is 20.7. The molecule has 0 unspecified atom stereocenters. The van der Waals surface area contributed by atoms with Crippen LogP contribution in [0.15, 0.2) is 0 Å². The Kier molecular flexibility index (Phi) is 23.1. The second kappa shape index (κ2) is 23.2. The van der Waals surface area contributed by atoms with E-state index in [2.05, 4.69) is 12.6 Å². The van der Waals surface area contributed by atoms with E-state index in [0.717, 1.165) is 23.5 Å². The average molecular weight is 431 g/mol. The van der Waals surface area contributed by atoms with Crippen LogP contribution in [0.25, 0.3) is 0 Å². The van der Waals surface area contributed by atoms with E-state index >= 15 is 0 Å². The first-order chi connectivity index (χ1) is 13.6. The SMILES string of the molecule is O=C(O)CCCCCCCCCCCCCCCCCCCCCCC(=S)S. The molecule has 0 radical (unpaired) electrons. The highest BCUT2D eigenvalue weighted by molar-refractivity contribution is 8.11. The Bertz CT molecular complexity index is 325. The number of carboxylic acid groups (broad SMARTS) is 1. The molecule has 0 bridgehead atoms. The van der Waals surface area contributed by atoms with Gasteiger partial charge in [-0.1, -0.05) is 128 Å². The van der Waals surface area contributed by atoms with Crippen molar-refractivity contribution in [2.45, 2.75) is 141 Å². The van der Waals surface area contributed by atoms with Gasteiger partial charge in [0, 0.05) is 10.6 Å². The molecule has 0 saturated carbocycles. The Labute approximate surface area is 186 Å². The monoisotopic (exact) mass is 430 g/mol. The fourth-order valence-corrected chi connectivity index (χ4v) is 4.04. The first-order valence-corrected chi connectivity index (χ1v) is 12.9. The first-order valence-electron chi connectivity index (χ1n) is 12.1. The number of unbranched alkanes of at least 4 members (excludes halogenated alkanes) is 19. The lowest BCUT2D eigenvalue weighted by Crippen LogP contribution is -1.93. The van der Waals surface area contributed by atoms with E-state index in [-0.39, 0.29) is 0 Å². The zero-order valence-electron chi connectivity index (χ0n) is 18.3. The van der Waals surface area contributed by atoms with E-state index in [4.69, 9.17) is 17.3 Å². The second-order valence-electron chi connectivity index (χ2n) is 8.36. The van der Waals surface area contributed by atoms with Gasteiger partial charge in [0.15, 0.2) is 0 Å². The third kappa shape index (κ3) is 25.9. The lowest BCUT2D eigenvalue weighted by molar-refractivity contribution is -0.137. The van der Waals surface area contributed by atoms with Gasteiger partial charge in [0.2, 0.25) is 0 Å². The molecule has 0 atom stereocenters. The van der Waals surface area contributed by atoms with E-state index in [9.17, 15) is 4.79 Å². The molecule has 0 aromatic rings. The summed E-state index contributed by atoms with van der Waals surface area (Å²) < 4.78 is 0.863. The van der Waals surface area contributed by atoms with E-state index in [1.807, 2.05) is 0 Å². The molecule has 0 spiro atoms. The molecule has 4 heteroatoms. The fourth-order valence-electron chi connectivity index (χ4n) is 3.73. The topological polar surface area (TPSA) is 37.3 Å². The van der Waals surface area contributed by atoms with Crippen LogP contribution in [0, 0.1) is 0 Å². The van der Waals surface area contributed by atoms with E-state index in [0.29, 0.717) is 6.42 Å². The molecular weight excluding hydrogens is 384 g/mol. The Morgan fingerprint density at radius 2 is 0.714 bits per heavy atom. The van der Waals surface area contributed by atoms with Gasteiger partial charge in [-0.05, 0) is 19.3 Å². The van der Waals surface area contributed by atoms with Crippen LogP contribution in [-0.4, -0.2) is 15.3 Å². The number of thiol groups is 1. The van der Waals surface area contributed by atoms with Crippen molar-refractivity contribution in [1.29, 1.82) is 0 Å². The second-order valence-corrected chi connectivity index (χ2v) is 9.69. The molecule has 0 heterocycles. The maximum atomic E-state index is 10.4. The molecule has 1 N–H and O–H groups in total. The standard InChI is InChI=1S/C24H46O2S2/c25-23(26)21-19-17-15-13-11-9-7-5-3-1-2-4-6-8-10-12-14-16-18-20-22-24(27)28/h1-22H2,(H,25,26)(H,27,28). The van der Waals surface area contributed by atoms with Crippen molar-refractivity contribution >= 4 is 35.0 Å². The molecular formula is C24H46O2S2. The Hall–Kier alpha value is -0.0900. The van der Waals surface area contributed by atoms with Gasteiger partial charge in [-0.3, -0.25) is 4.79 Å². The van der Waals surface area contributed by atoms with Crippen LogP contribution in [0.5, 0.6) is 0 Å². The van der Waals surface area contributed by atoms with Crippen molar-refractivity contribution in [3.8, 4) is 0 Å². The predicted molar refractivity (Wildman–Crippen MR) is 131 cm³/mol. The summed E-state index contributed by atoms with van der Waals surface area (Å²) in [5, 5.41) is 8.58. The van der Waals surface area contributed by atoms with Crippen LogP contribution in [-0.2, 0) is 4.79 Å². The van der Waals surface area contributed by atoms with E-state index < -0.39 is 5.97 Å². The number of rotatable bonds is 23. The van der Waals surface area contributed by atoms with Crippen LogP contribution in [0.1, 0.15) is 141 Å². The van der Waals surface area contributed by atoms with Crippen molar-refractivity contribution in [3.63, 3.8) is 0 Å². The Balaban J connectivity index is 3.01. The average Bonchev–Trinajstić information content (AvgIpc) is 2.65. The normalized spacial score (nSPS) is 11.0. The van der Waals surface area contributed by atoms with Crippen molar-refractivity contribution in [2.24, 2.45) is 0 Å². The van der Waals surface area contributed by atoms with Gasteiger partial charge >= 0.3 is 5.97 Å². The summed E-state index contributed by atoms with van der Waals surface area (Å²) in [6.07, 6.45) is 27.9. The smallest absolute Gasteiger partial charge is 0.303 e. The number of carboxylic acids is 1. The van der Waals surface area contributed by atoms with Crippen molar-refractivity contribution < 1.29 is 9.90 Å². The van der Waals surface area contributed by atoms with Crippen LogP contribution in [0.2, 0.25) is 0 Å². The minimum atomic E-state index is -0.655. The summed E-state index contributed by atoms with van der Waals surface area (Å²) in [5.74, 6) is -0.655. The van der Waals surface area contributed by atoms with Gasteiger partial charge in [-0.25, -0.2) is 0 Å². The quantitative estimate of drug-likeness (QED) is 0.0965. The molecule has 2 nitrogen and oxygen atoms in total. The van der Waals surface area contributed by atoms with Gasteiger partial charge in [-0.2, -0.15) is 0 Å². The van der Waals surface area contributed by atoms with Crippen LogP contribution < -0.4 is 0 Å². The molecule has 0 fully saturated rings. The van der Waals surface area contributed by atoms with Gasteiger partial charge in [0.25, 0.3) is 0 Å². The maximum absolute atomic E-state index is 10.4. The van der Waals surface area contributed by atoms with Crippen LogP contribution in [0.3, 0.4) is 0 Å². The predicted octanol–water partition coefficient (Wildman–Crippen LogP) is 8.91. The zero-order valence-corrected chi connectivity index (χ0v) is 20.0. The minimum Gasteiger partial charge on any atom is -0.481 e. The molecule has 28 heavy (non-hydrogen) atoms. The first kappa shape index (κ1) is 27.9. The summed E-state index contributed by atoms with van der Waals surface area (Å²) in [5.41, 5.74) is 0. The van der Waals surface area contributed by atoms with Gasteiger partial charge in [0.05, 0.1) is 0 Å². The van der Waals surface area contributed by atoms with Gasteiger partial charge in [-0.15, -0.1) is 12.6 Å². The van der Waals surface area contributed by atoms with Crippen LogP contribution in [0.4, 0.5) is 0 Å². The van der Waals surface area contributed by atoms with Crippen LogP contribution >= 0.6 is 24.8 Å². The minimum absolute atomic E-state index is 0.340. The molecule has 0 aliphatic carbocycles. The summed E-state index contributed by atoms with van der Waals surface area (Å²) in [4.78, 5) is 10.4. The summed E-state index contributed by atoms with van der Waals surface area (Å²) in [6.45, 7) is 0. The van der Waals surface area contributed by atoms with Gasteiger partial charge < -0.3 is 5.11 Å². The number of aliphatic carboxylic acids is 1. The third-order valence-electron chi connectivity index (χ3n) is 5.53. The maximum Gasteiger partial charge on any atom is 0.303 e. The van der Waals surface area contributed by atoms with Crippen molar-refractivity contribution in [2.75, 3.05) is 0 Å². The molecule has 166 valence electrons. The molecule has 0 aliphatic heterocycles. The Morgan fingerprint density at radius 1 is 0.500 bits per heavy atom. The summed E-state index contributed by atoms with van der Waals surface area (Å²) in [7, 11) is 0. The van der Waals surface area contributed by atoms with Crippen molar-refractivity contribution in [1.82, 2.24) is 0 Å². The molecule has 0 aliphatic rings. The number of carbonyl (C=O) groups is 1. The van der Waals surface area contributed by atoms with E-state index in [1.165, 1.54) is 116 Å². The largest absolute Gasteiger partial charge is 0.481 e. The lowest BCUT2D eigenvalue weighted by Gasteiger charge is -2.04. The Morgan fingerprint density at radius 3 is 0.929 bits per heavy atom. The summed E-state index contributed by atoms with van der Waals surface area (Å²) in [6, 6.07) is 0. The number of hydrogen-bond acceptors (Lipinski definition) is 2. The van der Waals surface area contributed by atoms with Gasteiger partial charge in [0.1, 0.15) is 0 Å². The lowest BCUT2D eigenvalue weighted by atomic mass is 10.0. The molecule has 0 aromatic carbocycles. The molecule has 0 aromatic heterocycles. The highest BCUT2D eigenvalue weighted by Gasteiger charge is 1.97. The molecule has 0 saturated heterocycles. The highest BCUT2D eigenvalue weighted by atomic mass is 32.1. The van der Waals surface area contributed by atoms with E-state index in [1.54, 1.807) is 0 Å². The number of thiocarbonyl (C=S) groups is 1. The molecule has 0 rings (SSSR count). The summed E-state index contributed by atoms with van der Waals surface area (Å²) >= 11 is 9.14. The number of hydrogen-bond donors (Lipinski definition) is 2.